The lowest BCUT2D eigenvalue weighted by Gasteiger charge is -2.20. The molecule has 1 aliphatic rings. The molecule has 0 bridgehead atoms. The number of halogens is 1. The van der Waals surface area contributed by atoms with E-state index in [4.69, 9.17) is 0 Å². The van der Waals surface area contributed by atoms with E-state index < -0.39 is 0 Å². The van der Waals surface area contributed by atoms with Crippen LogP contribution in [-0.2, 0) is 0 Å². The van der Waals surface area contributed by atoms with Gasteiger partial charge < -0.3 is 4.90 Å². The van der Waals surface area contributed by atoms with Crippen LogP contribution in [0.15, 0.2) is 17.0 Å². The van der Waals surface area contributed by atoms with Gasteiger partial charge in [0, 0.05) is 18.0 Å². The lowest BCUT2D eigenvalue weighted by Crippen LogP contribution is -2.18. The van der Waals surface area contributed by atoms with Gasteiger partial charge in [-0.3, -0.25) is 0 Å². The summed E-state index contributed by atoms with van der Waals surface area (Å²) in [5.74, 6) is -0.135. The van der Waals surface area contributed by atoms with E-state index in [1.54, 1.807) is 19.1 Å². The number of anilines is 1. The molecular formula is C11H14FNS. The summed E-state index contributed by atoms with van der Waals surface area (Å²) in [5.41, 5.74) is 1.60. The molecule has 3 heteroatoms. The first-order valence-corrected chi connectivity index (χ1v) is 5.37. The highest BCUT2D eigenvalue weighted by molar-refractivity contribution is 7.80. The lowest BCUT2D eigenvalue weighted by atomic mass is 10.2. The average molecular weight is 211 g/mol. The maximum absolute atomic E-state index is 13.4. The third-order valence-corrected chi connectivity index (χ3v) is 3.06. The van der Waals surface area contributed by atoms with Gasteiger partial charge >= 0.3 is 0 Å². The fourth-order valence-electron chi connectivity index (χ4n) is 1.87. The van der Waals surface area contributed by atoms with Crippen LogP contribution >= 0.6 is 12.6 Å². The molecule has 1 aromatic carbocycles. The molecule has 1 heterocycles. The van der Waals surface area contributed by atoms with E-state index in [9.17, 15) is 4.39 Å². The minimum absolute atomic E-state index is 0.135. The van der Waals surface area contributed by atoms with Gasteiger partial charge in [-0.1, -0.05) is 0 Å². The first-order chi connectivity index (χ1) is 6.68. The van der Waals surface area contributed by atoms with E-state index in [1.807, 2.05) is 0 Å². The molecular weight excluding hydrogens is 197 g/mol. The Balaban J connectivity index is 2.37. The molecule has 0 spiro atoms. The number of aryl methyl sites for hydroxylation is 1. The van der Waals surface area contributed by atoms with Crippen LogP contribution in [0.4, 0.5) is 10.1 Å². The van der Waals surface area contributed by atoms with Gasteiger partial charge in [-0.15, -0.1) is 12.6 Å². The van der Waals surface area contributed by atoms with Crippen molar-refractivity contribution in [3.8, 4) is 0 Å². The Hall–Kier alpha value is -0.700. The maximum Gasteiger partial charge on any atom is 0.128 e. The Kier molecular flexibility index (Phi) is 2.68. The van der Waals surface area contributed by atoms with Crippen LogP contribution in [0.3, 0.4) is 0 Å². The first-order valence-electron chi connectivity index (χ1n) is 4.92. The Morgan fingerprint density at radius 1 is 1.29 bits per heavy atom. The second kappa shape index (κ2) is 3.81. The minimum Gasteiger partial charge on any atom is -0.371 e. The average Bonchev–Trinajstić information content (AvgIpc) is 2.64. The molecule has 0 atom stereocenters. The summed E-state index contributed by atoms with van der Waals surface area (Å²) in [6, 6.07) is 3.40. The van der Waals surface area contributed by atoms with Crippen molar-refractivity contribution < 1.29 is 4.39 Å². The predicted octanol–water partition coefficient (Wildman–Crippen LogP) is 3.02. The Morgan fingerprint density at radius 3 is 2.57 bits per heavy atom. The Bertz CT molecular complexity index is 345. The fraction of sp³-hybridized carbons (Fsp3) is 0.455. The molecule has 0 unspecified atom stereocenters. The summed E-state index contributed by atoms with van der Waals surface area (Å²) in [6.07, 6.45) is 2.39. The third kappa shape index (κ3) is 1.73. The van der Waals surface area contributed by atoms with Crippen molar-refractivity contribution in [3.05, 3.63) is 23.5 Å². The molecule has 2 rings (SSSR count). The molecule has 1 aromatic rings. The zero-order valence-corrected chi connectivity index (χ0v) is 9.15. The smallest absolute Gasteiger partial charge is 0.128 e. The molecule has 0 amide bonds. The number of benzene rings is 1. The molecule has 14 heavy (non-hydrogen) atoms. The van der Waals surface area contributed by atoms with Gasteiger partial charge in [-0.2, -0.15) is 0 Å². The van der Waals surface area contributed by atoms with Crippen LogP contribution < -0.4 is 4.90 Å². The van der Waals surface area contributed by atoms with Crippen molar-refractivity contribution in [1.82, 2.24) is 0 Å². The van der Waals surface area contributed by atoms with E-state index in [-0.39, 0.29) is 5.82 Å². The van der Waals surface area contributed by atoms with Crippen LogP contribution in [0.2, 0.25) is 0 Å². The lowest BCUT2D eigenvalue weighted by molar-refractivity contribution is 0.616. The van der Waals surface area contributed by atoms with Crippen molar-refractivity contribution in [2.45, 2.75) is 24.7 Å². The SMILES string of the molecule is Cc1cc(S)c(N2CCCC2)cc1F. The second-order valence-electron chi connectivity index (χ2n) is 3.78. The highest BCUT2D eigenvalue weighted by Gasteiger charge is 2.15. The highest BCUT2D eigenvalue weighted by atomic mass is 32.1. The molecule has 0 N–H and O–H groups in total. The number of rotatable bonds is 1. The number of thiol groups is 1. The predicted molar refractivity (Wildman–Crippen MR) is 59.8 cm³/mol. The molecule has 0 saturated carbocycles. The summed E-state index contributed by atoms with van der Waals surface area (Å²) in [5, 5.41) is 0. The molecule has 0 aliphatic carbocycles. The monoisotopic (exact) mass is 211 g/mol. The normalized spacial score (nSPS) is 16.4. The highest BCUT2D eigenvalue weighted by Crippen LogP contribution is 2.29. The largest absolute Gasteiger partial charge is 0.371 e. The number of hydrogen-bond acceptors (Lipinski definition) is 2. The van der Waals surface area contributed by atoms with Gasteiger partial charge in [0.1, 0.15) is 5.82 Å². The molecule has 1 saturated heterocycles. The zero-order valence-electron chi connectivity index (χ0n) is 8.26. The fourth-order valence-corrected chi connectivity index (χ4v) is 2.27. The van der Waals surface area contributed by atoms with E-state index in [2.05, 4.69) is 17.5 Å². The number of hydrogen-bond donors (Lipinski definition) is 1. The van der Waals surface area contributed by atoms with Gasteiger partial charge in [0.05, 0.1) is 5.69 Å². The van der Waals surface area contributed by atoms with Gasteiger partial charge in [0.25, 0.3) is 0 Å². The second-order valence-corrected chi connectivity index (χ2v) is 4.27. The quantitative estimate of drug-likeness (QED) is 0.699. The first kappa shape index (κ1) is 9.84. The van der Waals surface area contributed by atoms with Crippen LogP contribution in [0.1, 0.15) is 18.4 Å². The molecule has 76 valence electrons. The molecule has 0 radical (unpaired) electrons. The maximum atomic E-state index is 13.4. The summed E-state index contributed by atoms with van der Waals surface area (Å²) in [4.78, 5) is 3.08. The molecule has 0 aromatic heterocycles. The number of nitrogens with zero attached hydrogens (tertiary/aromatic N) is 1. The Morgan fingerprint density at radius 2 is 1.93 bits per heavy atom. The van der Waals surface area contributed by atoms with Crippen molar-refractivity contribution in [2.24, 2.45) is 0 Å². The van der Waals surface area contributed by atoms with Crippen molar-refractivity contribution >= 4 is 18.3 Å². The zero-order chi connectivity index (χ0) is 10.1. The van der Waals surface area contributed by atoms with E-state index >= 15 is 0 Å². The molecule has 1 nitrogen and oxygen atoms in total. The third-order valence-electron chi connectivity index (χ3n) is 2.70. The topological polar surface area (TPSA) is 3.24 Å². The van der Waals surface area contributed by atoms with E-state index in [1.165, 1.54) is 12.8 Å². The van der Waals surface area contributed by atoms with E-state index in [0.29, 0.717) is 5.56 Å². The molecule has 1 fully saturated rings. The molecule has 1 aliphatic heterocycles. The summed E-state index contributed by atoms with van der Waals surface area (Å²) >= 11 is 4.38. The van der Waals surface area contributed by atoms with E-state index in [0.717, 1.165) is 23.7 Å². The van der Waals surface area contributed by atoms with Crippen LogP contribution in [0.25, 0.3) is 0 Å². The summed E-state index contributed by atoms with van der Waals surface area (Å²) in [7, 11) is 0. The Labute approximate surface area is 89.3 Å². The van der Waals surface area contributed by atoms with Gasteiger partial charge in [-0.25, -0.2) is 4.39 Å². The summed E-state index contributed by atoms with van der Waals surface area (Å²) < 4.78 is 13.4. The van der Waals surface area contributed by atoms with Crippen molar-refractivity contribution in [2.75, 3.05) is 18.0 Å². The summed E-state index contributed by atoms with van der Waals surface area (Å²) in [6.45, 7) is 3.81. The standard InChI is InChI=1S/C11H14FNS/c1-8-6-11(14)10(7-9(8)12)13-4-2-3-5-13/h6-7,14H,2-5H2,1H3. The van der Waals surface area contributed by atoms with Crippen LogP contribution in [-0.4, -0.2) is 13.1 Å². The minimum atomic E-state index is -0.135. The van der Waals surface area contributed by atoms with Crippen LogP contribution in [0, 0.1) is 12.7 Å². The van der Waals surface area contributed by atoms with Gasteiger partial charge in [-0.05, 0) is 37.5 Å². The van der Waals surface area contributed by atoms with Gasteiger partial charge in [0.15, 0.2) is 0 Å². The van der Waals surface area contributed by atoms with Crippen LogP contribution in [0.5, 0.6) is 0 Å². The van der Waals surface area contributed by atoms with Crippen molar-refractivity contribution in [3.63, 3.8) is 0 Å². The van der Waals surface area contributed by atoms with Gasteiger partial charge in [0.2, 0.25) is 0 Å². The van der Waals surface area contributed by atoms with Crippen molar-refractivity contribution in [1.29, 1.82) is 0 Å².